The van der Waals surface area contributed by atoms with E-state index in [0.717, 1.165) is 5.56 Å². The van der Waals surface area contributed by atoms with Crippen LogP contribution in [-0.2, 0) is 16.1 Å². The van der Waals surface area contributed by atoms with Crippen LogP contribution in [0.1, 0.15) is 18.1 Å². The molecule has 1 aliphatic rings. The Hall–Kier alpha value is -2.91. The standard InChI is InChI=1S/C20H22N4O2/c1-16(26-15-17-6-3-2-4-7-17)20(25)24-12-10-23(11-13-24)19-18(14-21)8-5-9-22-19/h2-9,16H,10-13,15H2,1H3. The molecule has 0 spiro atoms. The zero-order valence-corrected chi connectivity index (χ0v) is 14.8. The molecular formula is C20H22N4O2. The van der Waals surface area contributed by atoms with Crippen LogP contribution in [-0.4, -0.2) is 48.1 Å². The molecule has 0 aliphatic carbocycles. The van der Waals surface area contributed by atoms with Gasteiger partial charge >= 0.3 is 0 Å². The highest BCUT2D eigenvalue weighted by molar-refractivity contribution is 5.80. The molecule has 0 radical (unpaired) electrons. The number of anilines is 1. The molecule has 0 saturated carbocycles. The van der Waals surface area contributed by atoms with Crippen molar-refractivity contribution in [3.05, 3.63) is 59.8 Å². The average molecular weight is 350 g/mol. The summed E-state index contributed by atoms with van der Waals surface area (Å²) >= 11 is 0. The van der Waals surface area contributed by atoms with E-state index in [9.17, 15) is 10.1 Å². The van der Waals surface area contributed by atoms with Crippen molar-refractivity contribution < 1.29 is 9.53 Å². The van der Waals surface area contributed by atoms with Crippen molar-refractivity contribution in [2.75, 3.05) is 31.1 Å². The largest absolute Gasteiger partial charge is 0.364 e. The highest BCUT2D eigenvalue weighted by Crippen LogP contribution is 2.18. The summed E-state index contributed by atoms with van der Waals surface area (Å²) in [6.45, 7) is 4.72. The van der Waals surface area contributed by atoms with E-state index in [1.54, 1.807) is 25.3 Å². The number of carbonyl (C=O) groups excluding carboxylic acids is 1. The van der Waals surface area contributed by atoms with Crippen molar-refractivity contribution >= 4 is 11.7 Å². The molecule has 1 unspecified atom stereocenters. The fourth-order valence-corrected chi connectivity index (χ4v) is 3.00. The van der Waals surface area contributed by atoms with E-state index in [4.69, 9.17) is 4.74 Å². The second-order valence-electron chi connectivity index (χ2n) is 6.24. The van der Waals surface area contributed by atoms with Crippen LogP contribution < -0.4 is 4.90 Å². The summed E-state index contributed by atoms with van der Waals surface area (Å²) in [7, 11) is 0. The van der Waals surface area contributed by atoms with Gasteiger partial charge in [-0.15, -0.1) is 0 Å². The lowest BCUT2D eigenvalue weighted by Crippen LogP contribution is -2.51. The highest BCUT2D eigenvalue weighted by atomic mass is 16.5. The van der Waals surface area contributed by atoms with E-state index in [-0.39, 0.29) is 5.91 Å². The number of carbonyl (C=O) groups is 1. The van der Waals surface area contributed by atoms with Crippen molar-refractivity contribution in [3.8, 4) is 6.07 Å². The second-order valence-corrected chi connectivity index (χ2v) is 6.24. The van der Waals surface area contributed by atoms with Gasteiger partial charge in [-0.05, 0) is 24.6 Å². The van der Waals surface area contributed by atoms with Crippen molar-refractivity contribution in [2.24, 2.45) is 0 Å². The summed E-state index contributed by atoms with van der Waals surface area (Å²) in [5.74, 6) is 0.692. The number of piperazine rings is 1. The smallest absolute Gasteiger partial charge is 0.251 e. The van der Waals surface area contributed by atoms with Crippen LogP contribution in [0.2, 0.25) is 0 Å². The third kappa shape index (κ3) is 4.19. The number of hydrogen-bond donors (Lipinski definition) is 0. The molecule has 1 fully saturated rings. The number of aromatic nitrogens is 1. The minimum atomic E-state index is -0.480. The average Bonchev–Trinajstić information content (AvgIpc) is 2.72. The summed E-state index contributed by atoms with van der Waals surface area (Å²) in [4.78, 5) is 20.8. The normalized spacial score (nSPS) is 15.4. The lowest BCUT2D eigenvalue weighted by atomic mass is 10.2. The van der Waals surface area contributed by atoms with Gasteiger partial charge in [0.2, 0.25) is 0 Å². The Morgan fingerprint density at radius 2 is 1.92 bits per heavy atom. The molecule has 26 heavy (non-hydrogen) atoms. The van der Waals surface area contributed by atoms with Gasteiger partial charge in [0.1, 0.15) is 18.0 Å². The number of nitrogens with zero attached hydrogens (tertiary/aromatic N) is 4. The number of amides is 1. The minimum Gasteiger partial charge on any atom is -0.364 e. The van der Waals surface area contributed by atoms with E-state index in [2.05, 4.69) is 16.0 Å². The molecule has 2 heterocycles. The van der Waals surface area contributed by atoms with Gasteiger partial charge in [0.05, 0.1) is 12.2 Å². The maximum atomic E-state index is 12.6. The van der Waals surface area contributed by atoms with Gasteiger partial charge in [-0.3, -0.25) is 4.79 Å². The minimum absolute atomic E-state index is 0.00195. The van der Waals surface area contributed by atoms with Gasteiger partial charge in [-0.2, -0.15) is 5.26 Å². The molecule has 2 aromatic rings. The lowest BCUT2D eigenvalue weighted by molar-refractivity contribution is -0.143. The lowest BCUT2D eigenvalue weighted by Gasteiger charge is -2.36. The quantitative estimate of drug-likeness (QED) is 0.827. The number of hydrogen-bond acceptors (Lipinski definition) is 5. The number of nitriles is 1. The highest BCUT2D eigenvalue weighted by Gasteiger charge is 2.26. The van der Waals surface area contributed by atoms with Crippen LogP contribution in [0.25, 0.3) is 0 Å². The molecular weight excluding hydrogens is 328 g/mol. The predicted octanol–water partition coefficient (Wildman–Crippen LogP) is 2.21. The van der Waals surface area contributed by atoms with Crippen LogP contribution in [0.4, 0.5) is 5.82 Å². The van der Waals surface area contributed by atoms with Crippen LogP contribution in [0.5, 0.6) is 0 Å². The first-order valence-electron chi connectivity index (χ1n) is 8.73. The molecule has 3 rings (SSSR count). The van der Waals surface area contributed by atoms with Crippen LogP contribution in [0.15, 0.2) is 48.7 Å². The molecule has 1 amide bonds. The van der Waals surface area contributed by atoms with Gasteiger partial charge in [-0.1, -0.05) is 30.3 Å². The van der Waals surface area contributed by atoms with E-state index in [1.165, 1.54) is 0 Å². The van der Waals surface area contributed by atoms with E-state index in [0.29, 0.717) is 44.2 Å². The van der Waals surface area contributed by atoms with Gasteiger partial charge in [0, 0.05) is 32.4 Å². The second kappa shape index (κ2) is 8.45. The summed E-state index contributed by atoms with van der Waals surface area (Å²) in [6.07, 6.45) is 1.21. The fraction of sp³-hybridized carbons (Fsp3) is 0.350. The maximum Gasteiger partial charge on any atom is 0.251 e. The first-order valence-corrected chi connectivity index (χ1v) is 8.73. The van der Waals surface area contributed by atoms with Gasteiger partial charge < -0.3 is 14.5 Å². The molecule has 6 heteroatoms. The topological polar surface area (TPSA) is 69.5 Å². The summed E-state index contributed by atoms with van der Waals surface area (Å²) in [5, 5.41) is 9.22. The number of rotatable bonds is 5. The Morgan fingerprint density at radius 1 is 1.19 bits per heavy atom. The Labute approximate surface area is 153 Å². The SMILES string of the molecule is CC(OCc1ccccc1)C(=O)N1CCN(c2ncccc2C#N)CC1. The molecule has 6 nitrogen and oxygen atoms in total. The molecule has 1 atom stereocenters. The molecule has 1 aromatic heterocycles. The van der Waals surface area contributed by atoms with Crippen molar-refractivity contribution in [1.29, 1.82) is 5.26 Å². The monoisotopic (exact) mass is 350 g/mol. The fourth-order valence-electron chi connectivity index (χ4n) is 3.00. The zero-order chi connectivity index (χ0) is 18.4. The molecule has 1 aliphatic heterocycles. The third-order valence-corrected chi connectivity index (χ3v) is 4.49. The van der Waals surface area contributed by atoms with Crippen molar-refractivity contribution in [2.45, 2.75) is 19.6 Å². The van der Waals surface area contributed by atoms with Gasteiger partial charge in [-0.25, -0.2) is 4.98 Å². The molecule has 0 N–H and O–H groups in total. The summed E-state index contributed by atoms with van der Waals surface area (Å²) in [6, 6.07) is 15.5. The summed E-state index contributed by atoms with van der Waals surface area (Å²) in [5.41, 5.74) is 1.61. The van der Waals surface area contributed by atoms with Gasteiger partial charge in [0.15, 0.2) is 0 Å². The Morgan fingerprint density at radius 3 is 2.62 bits per heavy atom. The molecule has 134 valence electrons. The van der Waals surface area contributed by atoms with Gasteiger partial charge in [0.25, 0.3) is 5.91 Å². The Bertz CT molecular complexity index is 780. The molecule has 0 bridgehead atoms. The predicted molar refractivity (Wildman–Crippen MR) is 98.4 cm³/mol. The maximum absolute atomic E-state index is 12.6. The van der Waals surface area contributed by atoms with Crippen molar-refractivity contribution in [1.82, 2.24) is 9.88 Å². The van der Waals surface area contributed by atoms with Crippen LogP contribution in [0, 0.1) is 11.3 Å². The zero-order valence-electron chi connectivity index (χ0n) is 14.8. The first kappa shape index (κ1) is 17.9. The Balaban J connectivity index is 1.52. The molecule has 1 aromatic carbocycles. The van der Waals surface area contributed by atoms with Crippen molar-refractivity contribution in [3.63, 3.8) is 0 Å². The molecule has 1 saturated heterocycles. The number of pyridine rings is 1. The van der Waals surface area contributed by atoms with Crippen LogP contribution in [0.3, 0.4) is 0 Å². The van der Waals surface area contributed by atoms with E-state index < -0.39 is 6.10 Å². The number of benzene rings is 1. The van der Waals surface area contributed by atoms with E-state index >= 15 is 0 Å². The van der Waals surface area contributed by atoms with E-state index in [1.807, 2.05) is 35.2 Å². The first-order chi connectivity index (χ1) is 12.7. The number of ether oxygens (including phenoxy) is 1. The Kier molecular flexibility index (Phi) is 5.82. The third-order valence-electron chi connectivity index (χ3n) is 4.49. The summed E-state index contributed by atoms with van der Waals surface area (Å²) < 4.78 is 5.73. The van der Waals surface area contributed by atoms with Crippen LogP contribution >= 0.6 is 0 Å².